The van der Waals surface area contributed by atoms with Crippen LogP contribution in [0.1, 0.15) is 11.1 Å². The highest BCUT2D eigenvalue weighted by Crippen LogP contribution is 2.26. The summed E-state index contributed by atoms with van der Waals surface area (Å²) in [5, 5.41) is 9.41. The van der Waals surface area contributed by atoms with Crippen molar-refractivity contribution in [2.75, 3.05) is 0 Å². The van der Waals surface area contributed by atoms with Crippen LogP contribution < -0.4 is 0 Å². The van der Waals surface area contributed by atoms with E-state index in [4.69, 9.17) is 0 Å². The molecule has 0 aliphatic heterocycles. The van der Waals surface area contributed by atoms with Gasteiger partial charge in [-0.3, -0.25) is 0 Å². The molecule has 0 radical (unpaired) electrons. The van der Waals surface area contributed by atoms with Crippen molar-refractivity contribution >= 4 is 12.2 Å². The molecule has 3 rings (SSSR count). The lowest BCUT2D eigenvalue weighted by Gasteiger charge is -2.06. The van der Waals surface area contributed by atoms with Gasteiger partial charge in [-0.25, -0.2) is 0 Å². The largest absolute Gasteiger partial charge is 0.508 e. The van der Waals surface area contributed by atoms with Crippen LogP contribution in [0.3, 0.4) is 0 Å². The Morgan fingerprint density at radius 3 is 2.05 bits per heavy atom. The first-order valence-electron chi connectivity index (χ1n) is 6.94. The second-order valence-electron chi connectivity index (χ2n) is 4.88. The standard InChI is InChI=1S/C20H16O/c21-19-14-12-18(13-15-19)20-9-5-4-8-17(20)11-10-16-6-2-1-3-7-16/h1-15,21H/b11-10+. The van der Waals surface area contributed by atoms with Gasteiger partial charge in [0.2, 0.25) is 0 Å². The highest BCUT2D eigenvalue weighted by Gasteiger charge is 2.02. The topological polar surface area (TPSA) is 20.2 Å². The van der Waals surface area contributed by atoms with E-state index in [-0.39, 0.29) is 5.75 Å². The SMILES string of the molecule is Oc1ccc(-c2ccccc2/C=C/c2ccccc2)cc1. The zero-order valence-corrected chi connectivity index (χ0v) is 11.6. The average molecular weight is 272 g/mol. The van der Waals surface area contributed by atoms with Gasteiger partial charge in [-0.2, -0.15) is 0 Å². The molecule has 0 fully saturated rings. The highest BCUT2D eigenvalue weighted by atomic mass is 16.3. The second-order valence-corrected chi connectivity index (χ2v) is 4.88. The molecule has 1 N–H and O–H groups in total. The first-order chi connectivity index (χ1) is 10.3. The Hall–Kier alpha value is -2.80. The van der Waals surface area contributed by atoms with Crippen molar-refractivity contribution < 1.29 is 5.11 Å². The minimum atomic E-state index is 0.288. The fourth-order valence-corrected chi connectivity index (χ4v) is 2.30. The van der Waals surface area contributed by atoms with Gasteiger partial charge in [-0.15, -0.1) is 0 Å². The van der Waals surface area contributed by atoms with Crippen LogP contribution in [0.2, 0.25) is 0 Å². The molecule has 21 heavy (non-hydrogen) atoms. The Balaban J connectivity index is 1.96. The number of hydrogen-bond donors (Lipinski definition) is 1. The van der Waals surface area contributed by atoms with E-state index in [9.17, 15) is 5.11 Å². The number of benzene rings is 3. The van der Waals surface area contributed by atoms with Gasteiger partial charge < -0.3 is 5.11 Å². The molecule has 0 atom stereocenters. The zero-order valence-electron chi connectivity index (χ0n) is 11.6. The van der Waals surface area contributed by atoms with Crippen LogP contribution in [-0.2, 0) is 0 Å². The Kier molecular flexibility index (Phi) is 3.83. The fraction of sp³-hybridized carbons (Fsp3) is 0. The molecular weight excluding hydrogens is 256 g/mol. The van der Waals surface area contributed by atoms with Crippen molar-refractivity contribution in [2.45, 2.75) is 0 Å². The maximum atomic E-state index is 9.41. The molecule has 0 bridgehead atoms. The van der Waals surface area contributed by atoms with Crippen LogP contribution >= 0.6 is 0 Å². The van der Waals surface area contributed by atoms with Crippen LogP contribution in [0.5, 0.6) is 5.75 Å². The summed E-state index contributed by atoms with van der Waals surface area (Å²) in [6, 6.07) is 25.8. The van der Waals surface area contributed by atoms with Gasteiger partial charge in [-0.1, -0.05) is 78.9 Å². The lowest BCUT2D eigenvalue weighted by atomic mass is 9.99. The smallest absolute Gasteiger partial charge is 0.115 e. The molecule has 1 heteroatoms. The molecule has 1 nitrogen and oxygen atoms in total. The van der Waals surface area contributed by atoms with E-state index < -0.39 is 0 Å². The number of phenols is 1. The van der Waals surface area contributed by atoms with E-state index in [2.05, 4.69) is 36.4 Å². The van der Waals surface area contributed by atoms with Crippen LogP contribution in [0, 0.1) is 0 Å². The third-order valence-corrected chi connectivity index (χ3v) is 3.39. The maximum absolute atomic E-state index is 9.41. The van der Waals surface area contributed by atoms with E-state index in [1.165, 1.54) is 5.56 Å². The molecule has 0 aromatic heterocycles. The highest BCUT2D eigenvalue weighted by molar-refractivity contribution is 5.80. The molecule has 0 aliphatic carbocycles. The normalized spacial score (nSPS) is 10.9. The van der Waals surface area contributed by atoms with Crippen LogP contribution in [0.15, 0.2) is 78.9 Å². The van der Waals surface area contributed by atoms with E-state index >= 15 is 0 Å². The number of aromatic hydroxyl groups is 1. The predicted octanol–water partition coefficient (Wildman–Crippen LogP) is 5.23. The molecule has 3 aromatic rings. The molecule has 0 saturated carbocycles. The second kappa shape index (κ2) is 6.10. The van der Waals surface area contributed by atoms with Crippen molar-refractivity contribution in [1.29, 1.82) is 0 Å². The summed E-state index contributed by atoms with van der Waals surface area (Å²) < 4.78 is 0. The monoisotopic (exact) mass is 272 g/mol. The van der Waals surface area contributed by atoms with Crippen LogP contribution in [0.4, 0.5) is 0 Å². The van der Waals surface area contributed by atoms with Crippen LogP contribution in [-0.4, -0.2) is 5.11 Å². The van der Waals surface area contributed by atoms with Crippen molar-refractivity contribution in [3.05, 3.63) is 90.0 Å². The quantitative estimate of drug-likeness (QED) is 0.647. The van der Waals surface area contributed by atoms with Gasteiger partial charge in [0, 0.05) is 0 Å². The molecule has 0 heterocycles. The lowest BCUT2D eigenvalue weighted by Crippen LogP contribution is -1.82. The Morgan fingerprint density at radius 1 is 0.619 bits per heavy atom. The molecular formula is C20H16O. The predicted molar refractivity (Wildman–Crippen MR) is 88.9 cm³/mol. The van der Waals surface area contributed by atoms with E-state index in [1.807, 2.05) is 42.5 Å². The minimum absolute atomic E-state index is 0.288. The zero-order chi connectivity index (χ0) is 14.5. The van der Waals surface area contributed by atoms with Crippen LogP contribution in [0.25, 0.3) is 23.3 Å². The summed E-state index contributed by atoms with van der Waals surface area (Å²) in [6.07, 6.45) is 4.23. The summed E-state index contributed by atoms with van der Waals surface area (Å²) in [5.41, 5.74) is 4.59. The first-order valence-corrected chi connectivity index (χ1v) is 6.94. The summed E-state index contributed by atoms with van der Waals surface area (Å²) in [6.45, 7) is 0. The van der Waals surface area contributed by atoms with Gasteiger partial charge in [0.25, 0.3) is 0 Å². The molecule has 0 amide bonds. The van der Waals surface area contributed by atoms with Gasteiger partial charge in [-0.05, 0) is 34.4 Å². The van der Waals surface area contributed by atoms with E-state index in [0.717, 1.165) is 16.7 Å². The average Bonchev–Trinajstić information content (AvgIpc) is 2.55. The van der Waals surface area contributed by atoms with Gasteiger partial charge >= 0.3 is 0 Å². The van der Waals surface area contributed by atoms with Gasteiger partial charge in [0.05, 0.1) is 0 Å². The van der Waals surface area contributed by atoms with E-state index in [1.54, 1.807) is 12.1 Å². The number of phenolic OH excluding ortho intramolecular Hbond substituents is 1. The molecule has 3 aromatic carbocycles. The number of hydrogen-bond acceptors (Lipinski definition) is 1. The van der Waals surface area contributed by atoms with Gasteiger partial charge in [0.1, 0.15) is 5.75 Å². The van der Waals surface area contributed by atoms with E-state index in [0.29, 0.717) is 0 Å². The maximum Gasteiger partial charge on any atom is 0.115 e. The fourth-order valence-electron chi connectivity index (χ4n) is 2.30. The molecule has 0 unspecified atom stereocenters. The minimum Gasteiger partial charge on any atom is -0.508 e. The Bertz CT molecular complexity index is 740. The van der Waals surface area contributed by atoms with Crippen molar-refractivity contribution in [3.63, 3.8) is 0 Å². The number of rotatable bonds is 3. The summed E-state index contributed by atoms with van der Waals surface area (Å²) in [5.74, 6) is 0.288. The Morgan fingerprint density at radius 2 is 1.29 bits per heavy atom. The third kappa shape index (κ3) is 3.21. The molecule has 0 saturated heterocycles. The third-order valence-electron chi connectivity index (χ3n) is 3.39. The summed E-state index contributed by atoms with van der Waals surface area (Å²) in [7, 11) is 0. The molecule has 0 spiro atoms. The molecule has 102 valence electrons. The van der Waals surface area contributed by atoms with Crippen molar-refractivity contribution in [3.8, 4) is 16.9 Å². The summed E-state index contributed by atoms with van der Waals surface area (Å²) in [4.78, 5) is 0. The lowest BCUT2D eigenvalue weighted by molar-refractivity contribution is 0.475. The first kappa shape index (κ1) is 13.2. The van der Waals surface area contributed by atoms with Crippen molar-refractivity contribution in [1.82, 2.24) is 0 Å². The van der Waals surface area contributed by atoms with Gasteiger partial charge in [0.15, 0.2) is 0 Å². The molecule has 0 aliphatic rings. The Labute approximate surface area is 124 Å². The summed E-state index contributed by atoms with van der Waals surface area (Å²) >= 11 is 0. The van der Waals surface area contributed by atoms with Crippen molar-refractivity contribution in [2.24, 2.45) is 0 Å².